The van der Waals surface area contributed by atoms with Crippen LogP contribution in [0.3, 0.4) is 0 Å². The highest BCUT2D eigenvalue weighted by Crippen LogP contribution is 2.33. The summed E-state index contributed by atoms with van der Waals surface area (Å²) in [6, 6.07) is 2.55. The van der Waals surface area contributed by atoms with Crippen LogP contribution in [0.2, 0.25) is 0 Å². The number of fused-ring (bicyclic) bond motifs is 1. The molecule has 1 aromatic rings. The molecule has 0 radical (unpaired) electrons. The molecular formula is C18H27NO4. The molecule has 0 saturated heterocycles. The Balaban J connectivity index is 2.09. The van der Waals surface area contributed by atoms with Crippen LogP contribution in [0.15, 0.2) is 12.1 Å². The first-order valence-electron chi connectivity index (χ1n) is 8.65. The van der Waals surface area contributed by atoms with Crippen molar-refractivity contribution in [3.05, 3.63) is 17.7 Å². The van der Waals surface area contributed by atoms with Crippen molar-refractivity contribution in [3.63, 3.8) is 0 Å². The molecule has 23 heavy (non-hydrogen) atoms. The summed E-state index contributed by atoms with van der Waals surface area (Å²) in [4.78, 5) is 12.3. The number of amides is 1. The highest BCUT2D eigenvalue weighted by atomic mass is 16.5. The number of carbonyl (C=O) groups excluding carboxylic acids is 1. The van der Waals surface area contributed by atoms with Crippen molar-refractivity contribution >= 4 is 5.91 Å². The lowest BCUT2D eigenvalue weighted by Gasteiger charge is -2.14. The molecule has 128 valence electrons. The Morgan fingerprint density at radius 1 is 0.870 bits per heavy atom. The predicted octanol–water partition coefficient (Wildman–Crippen LogP) is 3.73. The van der Waals surface area contributed by atoms with E-state index < -0.39 is 0 Å². The van der Waals surface area contributed by atoms with Crippen molar-refractivity contribution in [2.24, 2.45) is 0 Å². The van der Waals surface area contributed by atoms with E-state index in [9.17, 15) is 15.0 Å². The molecular weight excluding hydrogens is 294 g/mol. The maximum Gasteiger partial charge on any atom is 0.258 e. The van der Waals surface area contributed by atoms with Crippen LogP contribution in [0, 0.1) is 0 Å². The molecule has 1 heterocycles. The Bertz CT molecular complexity index is 516. The fourth-order valence-corrected chi connectivity index (χ4v) is 2.87. The van der Waals surface area contributed by atoms with E-state index in [1.54, 1.807) is 0 Å². The molecule has 5 heteroatoms. The number of phenols is 2. The van der Waals surface area contributed by atoms with Crippen molar-refractivity contribution in [2.45, 2.75) is 57.8 Å². The molecule has 1 aliphatic heterocycles. The number of phenolic OH excluding ortho intramolecular Hbond substituents is 2. The minimum absolute atomic E-state index is 0.106. The lowest BCUT2D eigenvalue weighted by atomic mass is 10.1. The van der Waals surface area contributed by atoms with E-state index in [0.29, 0.717) is 13.2 Å². The first-order chi connectivity index (χ1) is 11.2. The minimum Gasteiger partial charge on any atom is -0.508 e. The molecule has 0 aromatic heterocycles. The summed E-state index contributed by atoms with van der Waals surface area (Å²) >= 11 is 0. The van der Waals surface area contributed by atoms with Crippen LogP contribution in [0.5, 0.6) is 17.2 Å². The third kappa shape index (κ3) is 5.66. The van der Waals surface area contributed by atoms with Gasteiger partial charge in [0, 0.05) is 18.7 Å². The zero-order valence-electron chi connectivity index (χ0n) is 13.6. The van der Waals surface area contributed by atoms with Crippen molar-refractivity contribution in [1.82, 2.24) is 5.32 Å². The average Bonchev–Trinajstić information content (AvgIpc) is 2.50. The fraction of sp³-hybridized carbons (Fsp3) is 0.611. The molecule has 1 aliphatic rings. The van der Waals surface area contributed by atoms with Gasteiger partial charge in [-0.3, -0.25) is 4.79 Å². The molecule has 0 bridgehead atoms. The summed E-state index contributed by atoms with van der Waals surface area (Å²) in [5.41, 5.74) is 0.106. The van der Waals surface area contributed by atoms with Gasteiger partial charge < -0.3 is 20.3 Å². The topological polar surface area (TPSA) is 78.8 Å². The van der Waals surface area contributed by atoms with Gasteiger partial charge in [-0.15, -0.1) is 0 Å². The zero-order valence-corrected chi connectivity index (χ0v) is 13.6. The second-order valence-electron chi connectivity index (χ2n) is 6.12. The summed E-state index contributed by atoms with van der Waals surface area (Å²) in [5.74, 6) is -0.473. The quantitative estimate of drug-likeness (QED) is 0.680. The van der Waals surface area contributed by atoms with Gasteiger partial charge in [0.1, 0.15) is 22.8 Å². The Labute approximate surface area is 137 Å². The second kappa shape index (κ2) is 9.28. The number of hydrogen-bond acceptors (Lipinski definition) is 4. The zero-order chi connectivity index (χ0) is 16.5. The van der Waals surface area contributed by atoms with E-state index in [4.69, 9.17) is 4.74 Å². The van der Waals surface area contributed by atoms with Crippen molar-refractivity contribution in [1.29, 1.82) is 0 Å². The maximum absolute atomic E-state index is 12.3. The summed E-state index contributed by atoms with van der Waals surface area (Å²) < 4.78 is 5.64. The highest BCUT2D eigenvalue weighted by molar-refractivity contribution is 5.99. The normalized spacial score (nSPS) is 18.5. The predicted molar refractivity (Wildman–Crippen MR) is 89.2 cm³/mol. The first kappa shape index (κ1) is 17.4. The molecule has 0 unspecified atom stereocenters. The van der Waals surface area contributed by atoms with Gasteiger partial charge in [-0.05, 0) is 12.8 Å². The van der Waals surface area contributed by atoms with Crippen molar-refractivity contribution in [2.75, 3.05) is 13.2 Å². The number of rotatable bonds is 0. The summed E-state index contributed by atoms with van der Waals surface area (Å²) in [5, 5.41) is 22.4. The van der Waals surface area contributed by atoms with Crippen LogP contribution in [-0.4, -0.2) is 29.3 Å². The van der Waals surface area contributed by atoms with E-state index in [0.717, 1.165) is 25.7 Å². The molecule has 2 rings (SSSR count). The standard InChI is InChI=1S/C18H27NO4/c20-14-12-15(21)17-16(13-14)23-11-9-7-5-3-1-2-4-6-8-10-19-18(17)22/h12-13,20-21H,1-11H2,(H,19,22). The fourth-order valence-electron chi connectivity index (χ4n) is 2.87. The molecule has 3 N–H and O–H groups in total. The summed E-state index contributed by atoms with van der Waals surface area (Å²) in [6.07, 6.45) is 10.2. The molecule has 5 nitrogen and oxygen atoms in total. The molecule has 0 saturated carbocycles. The number of aromatic hydroxyl groups is 2. The summed E-state index contributed by atoms with van der Waals surface area (Å²) in [7, 11) is 0. The smallest absolute Gasteiger partial charge is 0.258 e. The van der Waals surface area contributed by atoms with E-state index in [-0.39, 0.29) is 28.7 Å². The van der Waals surface area contributed by atoms with Gasteiger partial charge >= 0.3 is 0 Å². The number of nitrogens with one attached hydrogen (secondary N) is 1. The third-order valence-corrected chi connectivity index (χ3v) is 4.16. The van der Waals surface area contributed by atoms with Gasteiger partial charge in [0.25, 0.3) is 5.91 Å². The van der Waals surface area contributed by atoms with Gasteiger partial charge in [-0.2, -0.15) is 0 Å². The number of carbonyl (C=O) groups is 1. The number of hydrogen-bond donors (Lipinski definition) is 3. The van der Waals surface area contributed by atoms with Gasteiger partial charge in [-0.25, -0.2) is 0 Å². The van der Waals surface area contributed by atoms with Gasteiger partial charge in [0.15, 0.2) is 0 Å². The minimum atomic E-state index is -0.357. The van der Waals surface area contributed by atoms with Crippen LogP contribution in [0.25, 0.3) is 0 Å². The van der Waals surface area contributed by atoms with Crippen LogP contribution < -0.4 is 10.1 Å². The Morgan fingerprint density at radius 3 is 2.17 bits per heavy atom. The molecule has 0 fully saturated rings. The van der Waals surface area contributed by atoms with E-state index in [1.807, 2.05) is 0 Å². The lowest BCUT2D eigenvalue weighted by Crippen LogP contribution is -2.25. The van der Waals surface area contributed by atoms with E-state index in [2.05, 4.69) is 5.32 Å². The van der Waals surface area contributed by atoms with Crippen LogP contribution in [-0.2, 0) is 0 Å². The number of ether oxygens (including phenoxy) is 1. The Morgan fingerprint density at radius 2 is 1.48 bits per heavy atom. The molecule has 1 amide bonds. The second-order valence-corrected chi connectivity index (χ2v) is 6.12. The summed E-state index contributed by atoms with van der Waals surface area (Å²) in [6.45, 7) is 1.06. The molecule has 0 atom stereocenters. The maximum atomic E-state index is 12.3. The van der Waals surface area contributed by atoms with Gasteiger partial charge in [-0.1, -0.05) is 44.9 Å². The highest BCUT2D eigenvalue weighted by Gasteiger charge is 2.19. The Hall–Kier alpha value is -1.91. The monoisotopic (exact) mass is 321 g/mol. The van der Waals surface area contributed by atoms with Crippen molar-refractivity contribution < 1.29 is 19.7 Å². The van der Waals surface area contributed by atoms with Gasteiger partial charge in [0.2, 0.25) is 0 Å². The van der Waals surface area contributed by atoms with Crippen LogP contribution in [0.1, 0.15) is 68.1 Å². The molecule has 1 aromatic carbocycles. The van der Waals surface area contributed by atoms with Crippen molar-refractivity contribution in [3.8, 4) is 17.2 Å². The van der Waals surface area contributed by atoms with Crippen LogP contribution >= 0.6 is 0 Å². The third-order valence-electron chi connectivity index (χ3n) is 4.16. The lowest BCUT2D eigenvalue weighted by molar-refractivity contribution is 0.0945. The number of benzene rings is 1. The average molecular weight is 321 g/mol. The first-order valence-corrected chi connectivity index (χ1v) is 8.65. The molecule has 0 aliphatic carbocycles. The van der Waals surface area contributed by atoms with E-state index in [1.165, 1.54) is 44.2 Å². The molecule has 0 spiro atoms. The van der Waals surface area contributed by atoms with Gasteiger partial charge in [0.05, 0.1) is 6.61 Å². The largest absolute Gasteiger partial charge is 0.508 e. The SMILES string of the molecule is O=C1NCCCCCCCCCCCOc2cc(O)cc(O)c21. The van der Waals surface area contributed by atoms with E-state index >= 15 is 0 Å². The Kier molecular flexibility index (Phi) is 7.04. The van der Waals surface area contributed by atoms with Crippen LogP contribution in [0.4, 0.5) is 0 Å².